The van der Waals surface area contributed by atoms with Crippen molar-refractivity contribution < 1.29 is 0 Å². The normalized spacial score (nSPS) is 16.9. The third kappa shape index (κ3) is 3.23. The molecule has 0 saturated heterocycles. The highest BCUT2D eigenvalue weighted by molar-refractivity contribution is 9.10. The highest BCUT2D eigenvalue weighted by atomic mass is 79.9. The Labute approximate surface area is 112 Å². The fourth-order valence-electron chi connectivity index (χ4n) is 2.07. The Hall–Kier alpha value is -0.540. The molecule has 94 valence electrons. The van der Waals surface area contributed by atoms with Crippen LogP contribution in [-0.4, -0.2) is 13.1 Å². The summed E-state index contributed by atoms with van der Waals surface area (Å²) in [6.07, 6.45) is 2.79. The highest BCUT2D eigenvalue weighted by Crippen LogP contribution is 2.34. The molecule has 1 aromatic rings. The van der Waals surface area contributed by atoms with E-state index in [9.17, 15) is 0 Å². The van der Waals surface area contributed by atoms with Gasteiger partial charge in [0.25, 0.3) is 0 Å². The second-order valence-corrected chi connectivity index (χ2v) is 5.84. The second kappa shape index (κ2) is 5.40. The minimum absolute atomic E-state index is 0.0962. The van der Waals surface area contributed by atoms with E-state index in [4.69, 9.17) is 5.73 Å². The van der Waals surface area contributed by atoms with Crippen LogP contribution in [0.5, 0.6) is 0 Å². The Morgan fingerprint density at radius 2 is 2.18 bits per heavy atom. The standard InChI is InChI=1S/C14H21BrN2/c1-3-17(9-11-4-5-11)14-7-6-12(10(2)16)8-13(14)15/h6-8,10-11H,3-5,9,16H2,1-2H3. The molecule has 1 aromatic carbocycles. The lowest BCUT2D eigenvalue weighted by Crippen LogP contribution is -2.25. The quantitative estimate of drug-likeness (QED) is 0.898. The summed E-state index contributed by atoms with van der Waals surface area (Å²) in [6, 6.07) is 6.57. The number of nitrogens with zero attached hydrogens (tertiary/aromatic N) is 1. The van der Waals surface area contributed by atoms with Crippen molar-refractivity contribution in [3.63, 3.8) is 0 Å². The van der Waals surface area contributed by atoms with Crippen LogP contribution in [0.3, 0.4) is 0 Å². The predicted molar refractivity (Wildman–Crippen MR) is 77.4 cm³/mol. The van der Waals surface area contributed by atoms with Gasteiger partial charge in [-0.05, 0) is 66.2 Å². The van der Waals surface area contributed by atoms with E-state index in [1.807, 2.05) is 6.92 Å². The molecule has 0 heterocycles. The van der Waals surface area contributed by atoms with Gasteiger partial charge in [0.2, 0.25) is 0 Å². The monoisotopic (exact) mass is 296 g/mol. The maximum absolute atomic E-state index is 5.90. The van der Waals surface area contributed by atoms with Gasteiger partial charge >= 0.3 is 0 Å². The first kappa shape index (κ1) is 12.9. The summed E-state index contributed by atoms with van der Waals surface area (Å²) in [5.74, 6) is 0.912. The van der Waals surface area contributed by atoms with Crippen LogP contribution in [0.25, 0.3) is 0 Å². The Balaban J connectivity index is 2.17. The number of halogens is 1. The zero-order chi connectivity index (χ0) is 12.4. The SMILES string of the molecule is CCN(CC1CC1)c1ccc(C(C)N)cc1Br. The van der Waals surface area contributed by atoms with E-state index < -0.39 is 0 Å². The Morgan fingerprint density at radius 3 is 2.65 bits per heavy atom. The molecule has 2 rings (SSSR count). The third-order valence-electron chi connectivity index (χ3n) is 3.40. The number of rotatable bonds is 5. The smallest absolute Gasteiger partial charge is 0.0510 e. The van der Waals surface area contributed by atoms with E-state index in [1.165, 1.54) is 30.6 Å². The minimum Gasteiger partial charge on any atom is -0.371 e. The van der Waals surface area contributed by atoms with Gasteiger partial charge in [0.1, 0.15) is 0 Å². The minimum atomic E-state index is 0.0962. The molecule has 0 bridgehead atoms. The van der Waals surface area contributed by atoms with Gasteiger partial charge in [-0.1, -0.05) is 6.07 Å². The first-order chi connectivity index (χ1) is 8.11. The number of nitrogens with two attached hydrogens (primary N) is 1. The zero-order valence-electron chi connectivity index (χ0n) is 10.6. The van der Waals surface area contributed by atoms with E-state index >= 15 is 0 Å². The van der Waals surface area contributed by atoms with E-state index in [0.29, 0.717) is 0 Å². The molecule has 1 aliphatic rings. The van der Waals surface area contributed by atoms with Gasteiger partial charge in [-0.25, -0.2) is 0 Å². The molecule has 1 unspecified atom stereocenters. The number of benzene rings is 1. The van der Waals surface area contributed by atoms with Crippen LogP contribution in [-0.2, 0) is 0 Å². The molecule has 1 fully saturated rings. The van der Waals surface area contributed by atoms with Crippen LogP contribution in [0.2, 0.25) is 0 Å². The van der Waals surface area contributed by atoms with Gasteiger partial charge in [-0.2, -0.15) is 0 Å². The average Bonchev–Trinajstić information content (AvgIpc) is 3.10. The van der Waals surface area contributed by atoms with Gasteiger partial charge in [-0.15, -0.1) is 0 Å². The molecule has 2 N–H and O–H groups in total. The molecule has 0 aromatic heterocycles. The fourth-order valence-corrected chi connectivity index (χ4v) is 2.72. The molecule has 0 radical (unpaired) electrons. The lowest BCUT2D eigenvalue weighted by Gasteiger charge is -2.25. The summed E-state index contributed by atoms with van der Waals surface area (Å²) in [5, 5.41) is 0. The van der Waals surface area contributed by atoms with Crippen molar-refractivity contribution in [3.05, 3.63) is 28.2 Å². The molecule has 2 nitrogen and oxygen atoms in total. The van der Waals surface area contributed by atoms with E-state index in [0.717, 1.165) is 16.9 Å². The van der Waals surface area contributed by atoms with Crippen molar-refractivity contribution in [2.75, 3.05) is 18.0 Å². The lowest BCUT2D eigenvalue weighted by molar-refractivity contribution is 0.739. The fraction of sp³-hybridized carbons (Fsp3) is 0.571. The van der Waals surface area contributed by atoms with Crippen molar-refractivity contribution in [1.82, 2.24) is 0 Å². The molecule has 0 amide bonds. The maximum Gasteiger partial charge on any atom is 0.0510 e. The second-order valence-electron chi connectivity index (χ2n) is 4.98. The zero-order valence-corrected chi connectivity index (χ0v) is 12.2. The molecule has 1 aliphatic carbocycles. The van der Waals surface area contributed by atoms with E-state index in [-0.39, 0.29) is 6.04 Å². The topological polar surface area (TPSA) is 29.3 Å². The number of hydrogen-bond donors (Lipinski definition) is 1. The summed E-state index contributed by atoms with van der Waals surface area (Å²) in [5.41, 5.74) is 8.38. The van der Waals surface area contributed by atoms with Crippen molar-refractivity contribution >= 4 is 21.6 Å². The van der Waals surface area contributed by atoms with Crippen molar-refractivity contribution in [3.8, 4) is 0 Å². The highest BCUT2D eigenvalue weighted by Gasteiger charge is 2.24. The maximum atomic E-state index is 5.90. The van der Waals surface area contributed by atoms with Crippen LogP contribution < -0.4 is 10.6 Å². The molecular weight excluding hydrogens is 276 g/mol. The van der Waals surface area contributed by atoms with Crippen LogP contribution in [0, 0.1) is 5.92 Å². The van der Waals surface area contributed by atoms with E-state index in [2.05, 4.69) is 46.0 Å². The molecule has 3 heteroatoms. The Kier molecular flexibility index (Phi) is 4.10. The Bertz CT molecular complexity index is 386. The summed E-state index contributed by atoms with van der Waals surface area (Å²) in [4.78, 5) is 2.45. The predicted octanol–water partition coefficient (Wildman–Crippen LogP) is 3.71. The number of hydrogen-bond acceptors (Lipinski definition) is 2. The third-order valence-corrected chi connectivity index (χ3v) is 4.03. The first-order valence-electron chi connectivity index (χ1n) is 6.41. The van der Waals surface area contributed by atoms with Gasteiger partial charge < -0.3 is 10.6 Å². The first-order valence-corrected chi connectivity index (χ1v) is 7.21. The van der Waals surface area contributed by atoms with Crippen LogP contribution in [0.4, 0.5) is 5.69 Å². The molecule has 1 atom stereocenters. The van der Waals surface area contributed by atoms with Gasteiger partial charge in [0.05, 0.1) is 5.69 Å². The van der Waals surface area contributed by atoms with Crippen molar-refractivity contribution in [2.24, 2.45) is 11.7 Å². The van der Waals surface area contributed by atoms with Crippen LogP contribution in [0.1, 0.15) is 38.3 Å². The van der Waals surface area contributed by atoms with Gasteiger partial charge in [0, 0.05) is 23.6 Å². The lowest BCUT2D eigenvalue weighted by atomic mass is 10.1. The van der Waals surface area contributed by atoms with Crippen LogP contribution in [0.15, 0.2) is 22.7 Å². The molecule has 17 heavy (non-hydrogen) atoms. The van der Waals surface area contributed by atoms with Crippen LogP contribution >= 0.6 is 15.9 Å². The van der Waals surface area contributed by atoms with Crippen molar-refractivity contribution in [1.29, 1.82) is 0 Å². The Morgan fingerprint density at radius 1 is 1.47 bits per heavy atom. The summed E-state index contributed by atoms with van der Waals surface area (Å²) >= 11 is 3.67. The van der Waals surface area contributed by atoms with Crippen molar-refractivity contribution in [2.45, 2.75) is 32.7 Å². The largest absolute Gasteiger partial charge is 0.371 e. The molecule has 0 spiro atoms. The van der Waals surface area contributed by atoms with E-state index in [1.54, 1.807) is 0 Å². The van der Waals surface area contributed by atoms with Gasteiger partial charge in [-0.3, -0.25) is 0 Å². The molecule has 1 saturated carbocycles. The summed E-state index contributed by atoms with van der Waals surface area (Å²) < 4.78 is 1.16. The molecular formula is C14H21BrN2. The summed E-state index contributed by atoms with van der Waals surface area (Å²) in [7, 11) is 0. The summed E-state index contributed by atoms with van der Waals surface area (Å²) in [6.45, 7) is 6.48. The molecule has 0 aliphatic heterocycles. The van der Waals surface area contributed by atoms with Gasteiger partial charge in [0.15, 0.2) is 0 Å². The number of anilines is 1. The average molecular weight is 297 g/mol.